The quantitative estimate of drug-likeness (QED) is 0.674. The van der Waals surface area contributed by atoms with Gasteiger partial charge >= 0.3 is 6.18 Å². The van der Waals surface area contributed by atoms with Gasteiger partial charge in [-0.05, 0) is 24.3 Å². The van der Waals surface area contributed by atoms with Crippen molar-refractivity contribution in [2.45, 2.75) is 6.18 Å². The second-order valence-corrected chi connectivity index (χ2v) is 7.16. The molecule has 9 heteroatoms. The van der Waals surface area contributed by atoms with Gasteiger partial charge in [-0.15, -0.1) is 0 Å². The number of rotatable bonds is 2. The van der Waals surface area contributed by atoms with E-state index in [1.165, 1.54) is 11.1 Å². The Hall–Kier alpha value is -3.80. The average Bonchev–Trinajstić information content (AvgIpc) is 2.77. The Morgan fingerprint density at radius 3 is 2.48 bits per heavy atom. The Bertz CT molecular complexity index is 1200. The van der Waals surface area contributed by atoms with E-state index in [-0.39, 0.29) is 13.1 Å². The molecule has 1 aromatic heterocycles. The van der Waals surface area contributed by atoms with Crippen molar-refractivity contribution in [1.29, 1.82) is 5.26 Å². The van der Waals surface area contributed by atoms with Crippen LogP contribution in [0.5, 0.6) is 5.75 Å². The first-order chi connectivity index (χ1) is 14.8. The van der Waals surface area contributed by atoms with Gasteiger partial charge in [0.1, 0.15) is 11.8 Å². The number of halogens is 3. The summed E-state index contributed by atoms with van der Waals surface area (Å²) in [7, 11) is 0. The van der Waals surface area contributed by atoms with Crippen LogP contribution in [0, 0.1) is 11.3 Å². The summed E-state index contributed by atoms with van der Waals surface area (Å²) in [6.45, 7) is 1.03. The number of alkyl halides is 3. The number of benzene rings is 2. The molecule has 1 aliphatic rings. The third kappa shape index (κ3) is 3.84. The summed E-state index contributed by atoms with van der Waals surface area (Å²) in [5, 5.41) is 19.9. The Kier molecular flexibility index (Phi) is 5.15. The molecule has 1 N–H and O–H groups in total. The van der Waals surface area contributed by atoms with E-state index < -0.39 is 29.0 Å². The second kappa shape index (κ2) is 7.80. The zero-order valence-electron chi connectivity index (χ0n) is 16.2. The van der Waals surface area contributed by atoms with Gasteiger partial charge < -0.3 is 14.9 Å². The Labute approximate surface area is 175 Å². The Balaban J connectivity index is 1.60. The number of amides is 1. The summed E-state index contributed by atoms with van der Waals surface area (Å²) < 4.78 is 40.0. The average molecular weight is 426 g/mol. The van der Waals surface area contributed by atoms with Crippen molar-refractivity contribution in [3.63, 3.8) is 0 Å². The predicted molar refractivity (Wildman–Crippen MR) is 108 cm³/mol. The van der Waals surface area contributed by atoms with Gasteiger partial charge in [-0.2, -0.15) is 18.4 Å². The minimum absolute atomic E-state index is 0.174. The first-order valence-electron chi connectivity index (χ1n) is 9.52. The zero-order valence-corrected chi connectivity index (χ0v) is 16.2. The first kappa shape index (κ1) is 20.5. The van der Waals surface area contributed by atoms with Crippen molar-refractivity contribution in [1.82, 2.24) is 9.88 Å². The summed E-state index contributed by atoms with van der Waals surface area (Å²) in [6.07, 6.45) is -3.21. The largest absolute Gasteiger partial charge is 0.508 e. The molecule has 31 heavy (non-hydrogen) atoms. The molecular formula is C22H17F3N4O2. The highest BCUT2D eigenvalue weighted by Gasteiger charge is 2.37. The summed E-state index contributed by atoms with van der Waals surface area (Å²) in [5.41, 5.74) is 0.168. The van der Waals surface area contributed by atoms with Gasteiger partial charge in [-0.25, -0.2) is 0 Å². The highest BCUT2D eigenvalue weighted by molar-refractivity contribution is 5.97. The zero-order chi connectivity index (χ0) is 22.2. The molecule has 0 aliphatic carbocycles. The number of nitriles is 1. The van der Waals surface area contributed by atoms with Crippen molar-refractivity contribution in [3.05, 3.63) is 65.4 Å². The number of hydrogen-bond acceptors (Lipinski definition) is 5. The molecule has 1 saturated heterocycles. The highest BCUT2D eigenvalue weighted by Crippen LogP contribution is 2.35. The van der Waals surface area contributed by atoms with Crippen LogP contribution in [-0.4, -0.2) is 47.1 Å². The van der Waals surface area contributed by atoms with E-state index >= 15 is 0 Å². The number of pyridine rings is 1. The van der Waals surface area contributed by atoms with Crippen molar-refractivity contribution in [2.75, 3.05) is 31.1 Å². The standard InChI is InChI=1S/C22H17F3N4O2/c23-22(24,25)18-6-5-15(30)11-17(18)21(31)29-9-7-28(8-10-29)20-14(12-26)13-27-19-4-2-1-3-16(19)20/h1-6,11,13,30H,7-10H2. The topological polar surface area (TPSA) is 80.5 Å². The SMILES string of the molecule is N#Cc1cnc2ccccc2c1N1CCN(C(=O)c2cc(O)ccc2C(F)(F)F)CC1. The van der Waals surface area contributed by atoms with Gasteiger partial charge in [-0.1, -0.05) is 18.2 Å². The van der Waals surface area contributed by atoms with Crippen LogP contribution in [0.2, 0.25) is 0 Å². The van der Waals surface area contributed by atoms with Crippen molar-refractivity contribution in [3.8, 4) is 11.8 Å². The fourth-order valence-corrected chi connectivity index (χ4v) is 3.81. The fourth-order valence-electron chi connectivity index (χ4n) is 3.81. The number of aromatic hydroxyl groups is 1. The number of para-hydroxylation sites is 1. The fraction of sp³-hybridized carbons (Fsp3) is 0.227. The van der Waals surface area contributed by atoms with Crippen LogP contribution in [0.4, 0.5) is 18.9 Å². The van der Waals surface area contributed by atoms with Gasteiger partial charge in [0, 0.05) is 37.8 Å². The highest BCUT2D eigenvalue weighted by atomic mass is 19.4. The van der Waals surface area contributed by atoms with Crippen LogP contribution in [-0.2, 0) is 6.18 Å². The lowest BCUT2D eigenvalue weighted by Gasteiger charge is -2.37. The van der Waals surface area contributed by atoms with Crippen molar-refractivity contribution < 1.29 is 23.1 Å². The van der Waals surface area contributed by atoms with E-state index in [1.807, 2.05) is 29.2 Å². The minimum Gasteiger partial charge on any atom is -0.508 e. The van der Waals surface area contributed by atoms with Gasteiger partial charge in [0.15, 0.2) is 0 Å². The summed E-state index contributed by atoms with van der Waals surface area (Å²) in [6, 6.07) is 12.0. The molecule has 1 amide bonds. The number of anilines is 1. The number of carbonyl (C=O) groups is 1. The number of phenols is 1. The third-order valence-electron chi connectivity index (χ3n) is 5.29. The lowest BCUT2D eigenvalue weighted by Crippen LogP contribution is -2.49. The van der Waals surface area contributed by atoms with Crippen LogP contribution in [0.3, 0.4) is 0 Å². The summed E-state index contributed by atoms with van der Waals surface area (Å²) in [4.78, 5) is 20.4. The molecule has 0 spiro atoms. The summed E-state index contributed by atoms with van der Waals surface area (Å²) in [5.74, 6) is -1.19. The van der Waals surface area contributed by atoms with Crippen LogP contribution in [0.25, 0.3) is 10.9 Å². The van der Waals surface area contributed by atoms with Crippen molar-refractivity contribution >= 4 is 22.5 Å². The third-order valence-corrected chi connectivity index (χ3v) is 5.29. The Morgan fingerprint density at radius 1 is 1.10 bits per heavy atom. The van der Waals surface area contributed by atoms with Gasteiger partial charge in [0.05, 0.1) is 27.9 Å². The van der Waals surface area contributed by atoms with Crippen molar-refractivity contribution in [2.24, 2.45) is 0 Å². The number of fused-ring (bicyclic) bond motifs is 1. The number of nitrogens with zero attached hydrogens (tertiary/aromatic N) is 4. The predicted octanol–water partition coefficient (Wildman–Crippen LogP) is 3.79. The number of carbonyl (C=O) groups excluding carboxylic acids is 1. The maximum atomic E-state index is 13.3. The molecule has 3 aromatic rings. The van der Waals surface area contributed by atoms with E-state index in [2.05, 4.69) is 11.1 Å². The van der Waals surface area contributed by atoms with E-state index in [4.69, 9.17) is 0 Å². The van der Waals surface area contributed by atoms with E-state index in [0.29, 0.717) is 30.4 Å². The van der Waals surface area contributed by atoms with E-state index in [9.17, 15) is 28.3 Å². The molecule has 2 heterocycles. The van der Waals surface area contributed by atoms with Gasteiger partial charge in [0.25, 0.3) is 5.91 Å². The Morgan fingerprint density at radius 2 is 1.81 bits per heavy atom. The molecule has 0 atom stereocenters. The molecule has 0 bridgehead atoms. The molecule has 1 aliphatic heterocycles. The molecular weight excluding hydrogens is 409 g/mol. The molecule has 1 fully saturated rings. The maximum Gasteiger partial charge on any atom is 0.417 e. The maximum absolute atomic E-state index is 13.3. The lowest BCUT2D eigenvalue weighted by atomic mass is 10.0. The number of hydrogen-bond donors (Lipinski definition) is 1. The monoisotopic (exact) mass is 426 g/mol. The minimum atomic E-state index is -4.71. The van der Waals surface area contributed by atoms with E-state index in [0.717, 1.165) is 23.0 Å². The van der Waals surface area contributed by atoms with Crippen LogP contribution < -0.4 is 4.90 Å². The molecule has 0 saturated carbocycles. The molecule has 4 rings (SSSR count). The lowest BCUT2D eigenvalue weighted by molar-refractivity contribution is -0.138. The normalized spacial score (nSPS) is 14.5. The number of piperazine rings is 1. The van der Waals surface area contributed by atoms with Crippen LogP contribution in [0.15, 0.2) is 48.7 Å². The molecule has 0 unspecified atom stereocenters. The van der Waals surface area contributed by atoms with Crippen LogP contribution in [0.1, 0.15) is 21.5 Å². The number of phenolic OH excluding ortho intramolecular Hbond substituents is 1. The second-order valence-electron chi connectivity index (χ2n) is 7.16. The van der Waals surface area contributed by atoms with Gasteiger partial charge in [-0.3, -0.25) is 9.78 Å². The molecule has 2 aromatic carbocycles. The summed E-state index contributed by atoms with van der Waals surface area (Å²) >= 11 is 0. The smallest absolute Gasteiger partial charge is 0.417 e. The first-order valence-corrected chi connectivity index (χ1v) is 9.52. The number of aromatic nitrogens is 1. The molecule has 0 radical (unpaired) electrons. The van der Waals surface area contributed by atoms with Gasteiger partial charge in [0.2, 0.25) is 0 Å². The molecule has 6 nitrogen and oxygen atoms in total. The van der Waals surface area contributed by atoms with E-state index in [1.54, 1.807) is 0 Å². The van der Waals surface area contributed by atoms with Crippen LogP contribution >= 0.6 is 0 Å². The molecule has 158 valence electrons.